The number of aromatic nitrogens is 4. The Kier molecular flexibility index (Phi) is 6.15. The zero-order valence-electron chi connectivity index (χ0n) is 18.0. The van der Waals surface area contributed by atoms with E-state index in [1.54, 1.807) is 28.8 Å². The third kappa shape index (κ3) is 4.76. The van der Waals surface area contributed by atoms with E-state index in [1.165, 1.54) is 11.3 Å². The van der Waals surface area contributed by atoms with Crippen molar-refractivity contribution >= 4 is 45.2 Å². The van der Waals surface area contributed by atoms with Crippen LogP contribution in [0.2, 0.25) is 0 Å². The molecular formula is C22H22N6O2S2. The first-order valence-corrected chi connectivity index (χ1v) is 11.2. The maximum absolute atomic E-state index is 12.6. The van der Waals surface area contributed by atoms with Gasteiger partial charge in [-0.05, 0) is 75.8 Å². The van der Waals surface area contributed by atoms with E-state index in [-0.39, 0.29) is 17.1 Å². The lowest BCUT2D eigenvalue weighted by Crippen LogP contribution is -2.34. The molecule has 0 bridgehead atoms. The highest BCUT2D eigenvalue weighted by atomic mass is 32.1. The summed E-state index contributed by atoms with van der Waals surface area (Å²) >= 11 is 6.82. The van der Waals surface area contributed by atoms with Gasteiger partial charge < -0.3 is 10.1 Å². The van der Waals surface area contributed by atoms with E-state index >= 15 is 0 Å². The van der Waals surface area contributed by atoms with Gasteiger partial charge in [-0.15, -0.1) is 10.2 Å². The minimum absolute atomic E-state index is 0.0704. The maximum Gasteiger partial charge on any atom is 0.257 e. The van der Waals surface area contributed by atoms with E-state index in [9.17, 15) is 4.79 Å². The number of nitrogens with one attached hydrogen (secondary N) is 2. The summed E-state index contributed by atoms with van der Waals surface area (Å²) in [6.45, 7) is 7.73. The van der Waals surface area contributed by atoms with Gasteiger partial charge in [0, 0.05) is 16.8 Å². The number of carbonyl (C=O) groups excluding carboxylic acids is 1. The lowest BCUT2D eigenvalue weighted by Gasteiger charge is -2.13. The number of benzene rings is 2. The van der Waals surface area contributed by atoms with Crippen LogP contribution in [0.5, 0.6) is 5.75 Å². The Bertz CT molecular complexity index is 1290. The zero-order valence-corrected chi connectivity index (χ0v) is 19.7. The molecule has 0 aliphatic rings. The zero-order chi connectivity index (χ0) is 22.8. The Labute approximate surface area is 194 Å². The summed E-state index contributed by atoms with van der Waals surface area (Å²) < 4.78 is 7.32. The Morgan fingerprint density at radius 2 is 1.88 bits per heavy atom. The number of amides is 1. The van der Waals surface area contributed by atoms with Crippen LogP contribution >= 0.6 is 23.6 Å². The van der Waals surface area contributed by atoms with Gasteiger partial charge in [0.1, 0.15) is 10.8 Å². The number of anilines is 1. The molecule has 2 aromatic heterocycles. The van der Waals surface area contributed by atoms with Gasteiger partial charge in [0.2, 0.25) is 4.96 Å². The van der Waals surface area contributed by atoms with Gasteiger partial charge in [0.15, 0.2) is 10.9 Å². The molecule has 8 nitrogen and oxygen atoms in total. The number of nitrogens with zero attached hydrogens (tertiary/aromatic N) is 4. The average molecular weight is 467 g/mol. The normalized spacial score (nSPS) is 11.0. The van der Waals surface area contributed by atoms with E-state index in [0.29, 0.717) is 11.3 Å². The summed E-state index contributed by atoms with van der Waals surface area (Å²) in [5, 5.41) is 19.6. The van der Waals surface area contributed by atoms with Gasteiger partial charge in [-0.3, -0.25) is 10.1 Å². The van der Waals surface area contributed by atoms with Crippen molar-refractivity contribution in [2.24, 2.45) is 0 Å². The van der Waals surface area contributed by atoms with Gasteiger partial charge >= 0.3 is 0 Å². The minimum Gasteiger partial charge on any atom is -0.491 e. The van der Waals surface area contributed by atoms with Crippen molar-refractivity contribution in [3.05, 3.63) is 59.4 Å². The van der Waals surface area contributed by atoms with Gasteiger partial charge in [0.05, 0.1) is 6.10 Å². The van der Waals surface area contributed by atoms with Crippen molar-refractivity contribution < 1.29 is 9.53 Å². The molecule has 164 valence electrons. The van der Waals surface area contributed by atoms with E-state index in [4.69, 9.17) is 17.0 Å². The highest BCUT2D eigenvalue weighted by molar-refractivity contribution is 7.80. The molecule has 0 spiro atoms. The lowest BCUT2D eigenvalue weighted by atomic mass is 10.1. The predicted molar refractivity (Wildman–Crippen MR) is 129 cm³/mol. The molecule has 0 unspecified atom stereocenters. The first-order valence-electron chi connectivity index (χ1n) is 9.99. The van der Waals surface area contributed by atoms with Crippen LogP contribution in [0.1, 0.15) is 35.6 Å². The highest BCUT2D eigenvalue weighted by Gasteiger charge is 2.13. The summed E-state index contributed by atoms with van der Waals surface area (Å²) in [6, 6.07) is 12.9. The molecular weight excluding hydrogens is 444 g/mol. The van der Waals surface area contributed by atoms with E-state index in [1.807, 2.05) is 45.9 Å². The summed E-state index contributed by atoms with van der Waals surface area (Å²) in [4.78, 5) is 13.3. The number of thiocarbonyl (C=S) groups is 1. The van der Waals surface area contributed by atoms with Crippen LogP contribution in [0.4, 0.5) is 5.69 Å². The Morgan fingerprint density at radius 1 is 1.12 bits per heavy atom. The van der Waals surface area contributed by atoms with E-state index in [0.717, 1.165) is 32.6 Å². The van der Waals surface area contributed by atoms with Gasteiger partial charge in [-0.1, -0.05) is 23.5 Å². The van der Waals surface area contributed by atoms with Crippen LogP contribution in [0.15, 0.2) is 42.5 Å². The molecule has 32 heavy (non-hydrogen) atoms. The summed E-state index contributed by atoms with van der Waals surface area (Å²) in [5.41, 5.74) is 3.18. The molecule has 0 aliphatic heterocycles. The van der Waals surface area contributed by atoms with Crippen LogP contribution in [0.3, 0.4) is 0 Å². The second-order valence-corrected chi connectivity index (χ2v) is 8.84. The van der Waals surface area contributed by atoms with Gasteiger partial charge in [-0.25, -0.2) is 0 Å². The Balaban J connectivity index is 1.45. The minimum atomic E-state index is -0.295. The molecule has 10 heteroatoms. The number of rotatable bonds is 5. The number of fused-ring (bicyclic) bond motifs is 1. The largest absolute Gasteiger partial charge is 0.491 e. The SMILES string of the molecule is Cc1ccc(-c2nn3c(C)nnc3s2)cc1NC(=S)NC(=O)c1ccc(OC(C)C)cc1. The van der Waals surface area contributed by atoms with E-state index in [2.05, 4.69) is 25.9 Å². The number of carbonyl (C=O) groups is 1. The molecule has 0 atom stereocenters. The smallest absolute Gasteiger partial charge is 0.257 e. The molecule has 4 aromatic rings. The number of hydrogen-bond donors (Lipinski definition) is 2. The van der Waals surface area contributed by atoms with Crippen molar-refractivity contribution in [3.63, 3.8) is 0 Å². The summed E-state index contributed by atoms with van der Waals surface area (Å²) in [6.07, 6.45) is 0.0704. The van der Waals surface area contributed by atoms with Crippen molar-refractivity contribution in [1.82, 2.24) is 25.1 Å². The molecule has 2 N–H and O–H groups in total. The standard InChI is InChI=1S/C22H22N6O2S2/c1-12(2)30-17-9-7-15(8-10-17)19(29)24-21(31)23-18-11-16(6-5-13(18)3)20-27-28-14(4)25-26-22(28)32-20/h5-12H,1-4H3,(H2,23,24,29,31). The predicted octanol–water partition coefficient (Wildman–Crippen LogP) is 4.38. The van der Waals surface area contributed by atoms with Crippen LogP contribution in [0, 0.1) is 13.8 Å². The van der Waals surface area contributed by atoms with Crippen molar-refractivity contribution in [1.29, 1.82) is 0 Å². The first-order chi connectivity index (χ1) is 15.3. The maximum atomic E-state index is 12.6. The second-order valence-electron chi connectivity index (χ2n) is 7.48. The summed E-state index contributed by atoms with van der Waals surface area (Å²) in [5.74, 6) is 1.16. The summed E-state index contributed by atoms with van der Waals surface area (Å²) in [7, 11) is 0. The van der Waals surface area contributed by atoms with Gasteiger partial charge in [-0.2, -0.15) is 9.61 Å². The monoisotopic (exact) mass is 466 g/mol. The van der Waals surface area contributed by atoms with Crippen molar-refractivity contribution in [2.45, 2.75) is 33.8 Å². The molecule has 4 rings (SSSR count). The van der Waals surface area contributed by atoms with E-state index < -0.39 is 0 Å². The topological polar surface area (TPSA) is 93.4 Å². The molecule has 0 saturated carbocycles. The molecule has 1 amide bonds. The molecule has 0 fully saturated rings. The fourth-order valence-corrected chi connectivity index (χ4v) is 4.09. The van der Waals surface area contributed by atoms with Gasteiger partial charge in [0.25, 0.3) is 5.91 Å². The van der Waals surface area contributed by atoms with Crippen LogP contribution in [-0.2, 0) is 0 Å². The number of ether oxygens (including phenoxy) is 1. The fraction of sp³-hybridized carbons (Fsp3) is 0.227. The fourth-order valence-electron chi connectivity index (χ4n) is 3.01. The van der Waals surface area contributed by atoms with Crippen LogP contribution in [-0.4, -0.2) is 36.9 Å². The van der Waals surface area contributed by atoms with Crippen molar-refractivity contribution in [3.8, 4) is 16.3 Å². The second kappa shape index (κ2) is 9.01. The highest BCUT2D eigenvalue weighted by Crippen LogP contribution is 2.29. The van der Waals surface area contributed by atoms with Crippen molar-refractivity contribution in [2.75, 3.05) is 5.32 Å². The third-order valence-corrected chi connectivity index (χ3v) is 5.75. The average Bonchev–Trinajstić information content (AvgIpc) is 3.32. The molecule has 0 radical (unpaired) electrons. The number of aryl methyl sites for hydroxylation is 2. The molecule has 2 heterocycles. The lowest BCUT2D eigenvalue weighted by molar-refractivity contribution is 0.0977. The van der Waals surface area contributed by atoms with Crippen LogP contribution < -0.4 is 15.4 Å². The third-order valence-electron chi connectivity index (χ3n) is 4.59. The quantitative estimate of drug-likeness (QED) is 0.422. The molecule has 0 aliphatic carbocycles. The van der Waals surface area contributed by atoms with Crippen LogP contribution in [0.25, 0.3) is 15.5 Å². The molecule has 0 saturated heterocycles. The first kappa shape index (κ1) is 21.8. The Hall–Kier alpha value is -3.37. The molecule has 2 aromatic carbocycles. The number of hydrogen-bond acceptors (Lipinski definition) is 7. The Morgan fingerprint density at radius 3 is 2.56 bits per heavy atom.